The van der Waals surface area contributed by atoms with Crippen LogP contribution in [-0.2, 0) is 16.0 Å². The molecule has 5 rings (SSSR count). The predicted molar refractivity (Wildman–Crippen MR) is 129 cm³/mol. The van der Waals surface area contributed by atoms with Crippen molar-refractivity contribution >= 4 is 23.3 Å². The second-order valence-corrected chi connectivity index (χ2v) is 8.34. The molecule has 2 N–H and O–H groups in total. The molecule has 0 bridgehead atoms. The normalized spacial score (nSPS) is 15.5. The first kappa shape index (κ1) is 22.3. The summed E-state index contributed by atoms with van der Waals surface area (Å²) in [6.07, 6.45) is 3.08. The Kier molecular flexibility index (Phi) is 6.01. The highest BCUT2D eigenvalue weighted by atomic mass is 16.3. The average Bonchev–Trinajstić information content (AvgIpc) is 3.59. The third-order valence-electron chi connectivity index (χ3n) is 5.79. The Bertz CT molecular complexity index is 1410. The maximum atomic E-state index is 13.2. The molecule has 10 nitrogen and oxygen atoms in total. The summed E-state index contributed by atoms with van der Waals surface area (Å²) in [5, 5.41) is 7.40. The molecular weight excluding hydrogens is 448 g/mol. The van der Waals surface area contributed by atoms with Gasteiger partial charge in [0.25, 0.3) is 5.56 Å². The van der Waals surface area contributed by atoms with E-state index in [0.29, 0.717) is 29.4 Å². The Balaban J connectivity index is 1.45. The van der Waals surface area contributed by atoms with Crippen molar-refractivity contribution in [3.8, 4) is 17.4 Å². The Morgan fingerprint density at radius 2 is 2.00 bits per heavy atom. The zero-order valence-corrected chi connectivity index (χ0v) is 19.1. The molecule has 1 saturated heterocycles. The minimum atomic E-state index is -0.545. The summed E-state index contributed by atoms with van der Waals surface area (Å²) in [5.41, 5.74) is 1.53. The number of furan rings is 1. The highest BCUT2D eigenvalue weighted by Gasteiger charge is 2.35. The fourth-order valence-electron chi connectivity index (χ4n) is 4.12. The van der Waals surface area contributed by atoms with Crippen molar-refractivity contribution in [2.45, 2.75) is 26.2 Å². The number of H-pyrrole nitrogens is 1. The quantitative estimate of drug-likeness (QED) is 0.426. The van der Waals surface area contributed by atoms with E-state index < -0.39 is 5.92 Å². The van der Waals surface area contributed by atoms with E-state index in [4.69, 9.17) is 4.42 Å². The van der Waals surface area contributed by atoms with E-state index >= 15 is 0 Å². The van der Waals surface area contributed by atoms with Crippen LogP contribution < -0.4 is 15.8 Å². The third-order valence-corrected chi connectivity index (χ3v) is 5.79. The number of hydrogen-bond acceptors (Lipinski definition) is 6. The highest BCUT2D eigenvalue weighted by Crippen LogP contribution is 2.28. The van der Waals surface area contributed by atoms with Gasteiger partial charge in [-0.2, -0.15) is 9.78 Å². The fourth-order valence-corrected chi connectivity index (χ4v) is 4.12. The highest BCUT2D eigenvalue weighted by molar-refractivity contribution is 6.03. The number of aromatic nitrogens is 4. The largest absolute Gasteiger partial charge is 0.463 e. The number of carbonyl (C=O) groups is 2. The van der Waals surface area contributed by atoms with E-state index in [0.717, 1.165) is 12.1 Å². The second kappa shape index (κ2) is 9.41. The Morgan fingerprint density at radius 1 is 1.17 bits per heavy atom. The first-order valence-electron chi connectivity index (χ1n) is 11.4. The standard InChI is InChI=1S/C25H24N6O4/c1-2-7-17-13-22(32)28-25(26-17)31-21(14-19(29-31)20-10-6-11-35-20)27-24(34)16-12-23(33)30(15-16)18-8-4-3-5-9-18/h3-6,8-11,13-14,16H,2,7,12,15H2,1H3,(H,27,34)(H,26,28,32). The van der Waals surface area contributed by atoms with Crippen molar-refractivity contribution in [3.63, 3.8) is 0 Å². The first-order valence-corrected chi connectivity index (χ1v) is 11.4. The lowest BCUT2D eigenvalue weighted by molar-refractivity contribution is -0.122. The van der Waals surface area contributed by atoms with Gasteiger partial charge in [-0.1, -0.05) is 31.5 Å². The van der Waals surface area contributed by atoms with Gasteiger partial charge in [0, 0.05) is 36.5 Å². The summed E-state index contributed by atoms with van der Waals surface area (Å²) in [6, 6.07) is 15.8. The predicted octanol–water partition coefficient (Wildman–Crippen LogP) is 3.16. The zero-order valence-electron chi connectivity index (χ0n) is 19.1. The van der Waals surface area contributed by atoms with Crippen molar-refractivity contribution in [1.29, 1.82) is 0 Å². The Labute approximate surface area is 200 Å². The van der Waals surface area contributed by atoms with Gasteiger partial charge in [0.2, 0.25) is 17.8 Å². The lowest BCUT2D eigenvalue weighted by Gasteiger charge is -2.16. The van der Waals surface area contributed by atoms with Crippen LogP contribution in [0.4, 0.5) is 11.5 Å². The molecule has 1 unspecified atom stereocenters. The number of nitrogens with zero attached hydrogens (tertiary/aromatic N) is 4. The molecule has 1 fully saturated rings. The summed E-state index contributed by atoms with van der Waals surface area (Å²) in [4.78, 5) is 46.9. The summed E-state index contributed by atoms with van der Waals surface area (Å²) in [7, 11) is 0. The van der Waals surface area contributed by atoms with Gasteiger partial charge in [-0.15, -0.1) is 0 Å². The summed E-state index contributed by atoms with van der Waals surface area (Å²) >= 11 is 0. The van der Waals surface area contributed by atoms with Crippen molar-refractivity contribution in [1.82, 2.24) is 19.7 Å². The molecule has 35 heavy (non-hydrogen) atoms. The number of nitrogens with one attached hydrogen (secondary N) is 2. The van der Waals surface area contributed by atoms with Crippen LogP contribution in [0.5, 0.6) is 0 Å². The second-order valence-electron chi connectivity index (χ2n) is 8.34. The monoisotopic (exact) mass is 472 g/mol. The molecular formula is C25H24N6O4. The van der Waals surface area contributed by atoms with Crippen LogP contribution in [0, 0.1) is 5.92 Å². The van der Waals surface area contributed by atoms with E-state index in [1.807, 2.05) is 37.3 Å². The van der Waals surface area contributed by atoms with Crippen molar-refractivity contribution in [3.05, 3.63) is 76.9 Å². The van der Waals surface area contributed by atoms with Gasteiger partial charge in [0.05, 0.1) is 12.2 Å². The van der Waals surface area contributed by atoms with E-state index in [1.54, 1.807) is 23.1 Å². The topological polar surface area (TPSA) is 126 Å². The molecule has 4 aromatic rings. The molecule has 0 saturated carbocycles. The number of aryl methyl sites for hydroxylation is 1. The lowest BCUT2D eigenvalue weighted by Crippen LogP contribution is -2.28. The Morgan fingerprint density at radius 3 is 2.74 bits per heavy atom. The number of benzene rings is 1. The van der Waals surface area contributed by atoms with Crippen molar-refractivity contribution < 1.29 is 14.0 Å². The molecule has 1 aliphatic heterocycles. The molecule has 0 aliphatic carbocycles. The Hall–Kier alpha value is -4.47. The van der Waals surface area contributed by atoms with Gasteiger partial charge in [-0.3, -0.25) is 19.4 Å². The van der Waals surface area contributed by atoms with Crippen LogP contribution in [0.3, 0.4) is 0 Å². The van der Waals surface area contributed by atoms with Crippen molar-refractivity contribution in [2.24, 2.45) is 5.92 Å². The summed E-state index contributed by atoms with van der Waals surface area (Å²) < 4.78 is 6.84. The van der Waals surface area contributed by atoms with Crippen LogP contribution >= 0.6 is 0 Å². The van der Waals surface area contributed by atoms with E-state index in [1.165, 1.54) is 17.0 Å². The number of rotatable bonds is 7. The number of hydrogen-bond donors (Lipinski definition) is 2. The van der Waals surface area contributed by atoms with Gasteiger partial charge in [-0.05, 0) is 30.7 Å². The molecule has 10 heteroatoms. The molecule has 3 aromatic heterocycles. The molecule has 1 atom stereocenters. The molecule has 0 radical (unpaired) electrons. The van der Waals surface area contributed by atoms with Gasteiger partial charge in [0.1, 0.15) is 11.5 Å². The smallest absolute Gasteiger partial charge is 0.252 e. The van der Waals surface area contributed by atoms with E-state index in [9.17, 15) is 14.4 Å². The van der Waals surface area contributed by atoms with Crippen LogP contribution in [0.1, 0.15) is 25.5 Å². The third kappa shape index (κ3) is 4.63. The van der Waals surface area contributed by atoms with Crippen LogP contribution in [0.2, 0.25) is 0 Å². The fraction of sp³-hybridized carbons (Fsp3) is 0.240. The number of carbonyl (C=O) groups excluding carboxylic acids is 2. The van der Waals surface area contributed by atoms with E-state index in [2.05, 4.69) is 20.4 Å². The lowest BCUT2D eigenvalue weighted by atomic mass is 10.1. The minimum Gasteiger partial charge on any atom is -0.463 e. The number of anilines is 2. The maximum Gasteiger partial charge on any atom is 0.252 e. The van der Waals surface area contributed by atoms with E-state index in [-0.39, 0.29) is 36.3 Å². The van der Waals surface area contributed by atoms with Gasteiger partial charge >= 0.3 is 0 Å². The van der Waals surface area contributed by atoms with Crippen molar-refractivity contribution in [2.75, 3.05) is 16.8 Å². The maximum absolute atomic E-state index is 13.2. The minimum absolute atomic E-state index is 0.0982. The summed E-state index contributed by atoms with van der Waals surface area (Å²) in [5.74, 6) is 0.0100. The molecule has 0 spiro atoms. The van der Waals surface area contributed by atoms with Crippen LogP contribution in [0.25, 0.3) is 17.4 Å². The zero-order chi connectivity index (χ0) is 24.4. The van der Waals surface area contributed by atoms with Gasteiger partial charge < -0.3 is 14.6 Å². The number of para-hydroxylation sites is 1. The average molecular weight is 473 g/mol. The molecule has 4 heterocycles. The van der Waals surface area contributed by atoms with Gasteiger partial charge in [0.15, 0.2) is 5.76 Å². The van der Waals surface area contributed by atoms with Crippen LogP contribution in [-0.4, -0.2) is 38.1 Å². The molecule has 178 valence electrons. The molecule has 1 aliphatic rings. The SMILES string of the molecule is CCCc1cc(=O)[nH]c(-n2nc(-c3ccco3)cc2NC(=O)C2CC(=O)N(c3ccccc3)C2)n1. The molecule has 1 aromatic carbocycles. The van der Waals surface area contributed by atoms with Crippen LogP contribution in [0.15, 0.2) is 70.1 Å². The molecule has 2 amide bonds. The van der Waals surface area contributed by atoms with Gasteiger partial charge in [-0.25, -0.2) is 4.98 Å². The summed E-state index contributed by atoms with van der Waals surface area (Å²) in [6.45, 7) is 2.27. The number of aromatic amines is 1. The number of amides is 2. The first-order chi connectivity index (χ1) is 17.0.